The summed E-state index contributed by atoms with van der Waals surface area (Å²) < 4.78 is 6.05. The number of benzene rings is 2. The summed E-state index contributed by atoms with van der Waals surface area (Å²) in [4.78, 5) is 13.3. The van der Waals surface area contributed by atoms with Crippen molar-refractivity contribution in [3.63, 3.8) is 0 Å². The number of ether oxygens (including phenoxy) is 1. The number of hydrogen-bond acceptors (Lipinski definition) is 6. The minimum Gasteiger partial charge on any atom is -0.460 e. The molecule has 6 heteroatoms. The molecule has 0 radical (unpaired) electrons. The Morgan fingerprint density at radius 2 is 1.83 bits per heavy atom. The number of aliphatic hydroxyl groups is 1. The number of anilines is 2. The minimum atomic E-state index is -1.11. The Balaban J connectivity index is 1.47. The van der Waals surface area contributed by atoms with E-state index in [-0.39, 0.29) is 0 Å². The van der Waals surface area contributed by atoms with Gasteiger partial charge >= 0.3 is 0 Å². The standard InChI is InChI=1S/C23H22N4O2/c28-23(10-2-1-3-11-23)29-20-6-4-5-18-15-25-22(27-21(18)20)26-19-8-7-17-14-24-12-9-16(17)13-19/h4-9,12-15,28H,1-3,10-11H2,(H,25,26,27). The maximum Gasteiger partial charge on any atom is 0.227 e. The summed E-state index contributed by atoms with van der Waals surface area (Å²) in [5.74, 6) is -0.0446. The van der Waals surface area contributed by atoms with E-state index < -0.39 is 5.79 Å². The van der Waals surface area contributed by atoms with Crippen LogP contribution < -0.4 is 10.1 Å². The molecule has 0 unspecified atom stereocenters. The molecule has 1 aliphatic rings. The molecule has 0 spiro atoms. The molecule has 2 aromatic carbocycles. The van der Waals surface area contributed by atoms with Crippen molar-refractivity contribution in [1.82, 2.24) is 15.0 Å². The van der Waals surface area contributed by atoms with Crippen molar-refractivity contribution in [2.45, 2.75) is 37.9 Å². The third kappa shape index (κ3) is 3.71. The van der Waals surface area contributed by atoms with E-state index in [0.29, 0.717) is 30.1 Å². The Bertz CT molecular complexity index is 1170. The number of rotatable bonds is 4. The lowest BCUT2D eigenvalue weighted by Gasteiger charge is -2.32. The van der Waals surface area contributed by atoms with E-state index >= 15 is 0 Å². The highest BCUT2D eigenvalue weighted by atomic mass is 16.6. The highest BCUT2D eigenvalue weighted by molar-refractivity contribution is 5.87. The third-order valence-corrected chi connectivity index (χ3v) is 5.41. The fourth-order valence-electron chi connectivity index (χ4n) is 3.87. The number of para-hydroxylation sites is 1. The van der Waals surface area contributed by atoms with E-state index in [1.54, 1.807) is 12.4 Å². The second kappa shape index (κ2) is 7.29. The van der Waals surface area contributed by atoms with Crippen molar-refractivity contribution in [3.05, 3.63) is 61.1 Å². The van der Waals surface area contributed by atoms with Crippen LogP contribution in [-0.2, 0) is 0 Å². The highest BCUT2D eigenvalue weighted by Crippen LogP contribution is 2.34. The predicted molar refractivity (Wildman–Crippen MR) is 113 cm³/mol. The second-order valence-electron chi connectivity index (χ2n) is 7.56. The number of hydrogen-bond donors (Lipinski definition) is 2. The average Bonchev–Trinajstić information content (AvgIpc) is 2.74. The normalized spacial score (nSPS) is 16.0. The lowest BCUT2D eigenvalue weighted by atomic mass is 9.94. The summed E-state index contributed by atoms with van der Waals surface area (Å²) in [6.45, 7) is 0. The maximum atomic E-state index is 10.8. The molecule has 146 valence electrons. The summed E-state index contributed by atoms with van der Waals surface area (Å²) >= 11 is 0. The van der Waals surface area contributed by atoms with Gasteiger partial charge in [0, 0.05) is 47.9 Å². The highest BCUT2D eigenvalue weighted by Gasteiger charge is 2.32. The molecule has 2 aromatic heterocycles. The monoisotopic (exact) mass is 386 g/mol. The van der Waals surface area contributed by atoms with Crippen molar-refractivity contribution in [2.75, 3.05) is 5.32 Å². The van der Waals surface area contributed by atoms with Crippen LogP contribution in [0, 0.1) is 0 Å². The van der Waals surface area contributed by atoms with Crippen LogP contribution in [0.4, 0.5) is 11.6 Å². The van der Waals surface area contributed by atoms with Gasteiger partial charge in [0.15, 0.2) is 0 Å². The Morgan fingerprint density at radius 3 is 2.72 bits per heavy atom. The van der Waals surface area contributed by atoms with Crippen molar-refractivity contribution < 1.29 is 9.84 Å². The van der Waals surface area contributed by atoms with Gasteiger partial charge in [-0.3, -0.25) is 4.98 Å². The van der Waals surface area contributed by atoms with Crippen molar-refractivity contribution in [3.8, 4) is 5.75 Å². The number of nitrogens with one attached hydrogen (secondary N) is 1. The first-order chi connectivity index (χ1) is 14.2. The summed E-state index contributed by atoms with van der Waals surface area (Å²) in [5, 5.41) is 17.1. The molecule has 0 amide bonds. The number of fused-ring (bicyclic) bond motifs is 2. The van der Waals surface area contributed by atoms with Gasteiger partial charge in [-0.05, 0) is 42.5 Å². The zero-order valence-electron chi connectivity index (χ0n) is 16.0. The molecular formula is C23H22N4O2. The molecule has 2 N–H and O–H groups in total. The second-order valence-corrected chi connectivity index (χ2v) is 7.56. The van der Waals surface area contributed by atoms with Gasteiger partial charge in [-0.15, -0.1) is 0 Å². The fraction of sp³-hybridized carbons (Fsp3) is 0.261. The number of pyridine rings is 1. The van der Waals surface area contributed by atoms with Crippen LogP contribution in [0.25, 0.3) is 21.7 Å². The largest absolute Gasteiger partial charge is 0.460 e. The Hall–Kier alpha value is -3.25. The first-order valence-corrected chi connectivity index (χ1v) is 9.97. The summed E-state index contributed by atoms with van der Waals surface area (Å²) in [7, 11) is 0. The number of aromatic nitrogens is 3. The molecule has 29 heavy (non-hydrogen) atoms. The molecule has 0 aliphatic heterocycles. The molecule has 0 atom stereocenters. The molecule has 1 fully saturated rings. The summed E-state index contributed by atoms with van der Waals surface area (Å²) in [5.41, 5.74) is 1.58. The summed E-state index contributed by atoms with van der Waals surface area (Å²) in [6, 6.07) is 13.7. The van der Waals surface area contributed by atoms with Crippen LogP contribution in [0.1, 0.15) is 32.1 Å². The van der Waals surface area contributed by atoms with Gasteiger partial charge < -0.3 is 15.2 Å². The molecule has 2 heterocycles. The SMILES string of the molecule is OC1(Oc2cccc3cnc(Nc4ccc5cnccc5c4)nc23)CCCCC1. The molecular weight excluding hydrogens is 364 g/mol. The van der Waals surface area contributed by atoms with Gasteiger partial charge in [0.1, 0.15) is 11.3 Å². The smallest absolute Gasteiger partial charge is 0.227 e. The number of nitrogens with zero attached hydrogens (tertiary/aromatic N) is 3. The molecule has 0 saturated heterocycles. The Kier molecular flexibility index (Phi) is 4.48. The van der Waals surface area contributed by atoms with E-state index in [2.05, 4.69) is 20.3 Å². The van der Waals surface area contributed by atoms with Gasteiger partial charge in [-0.2, -0.15) is 0 Å². The van der Waals surface area contributed by atoms with Crippen molar-refractivity contribution >= 4 is 33.3 Å². The topological polar surface area (TPSA) is 80.2 Å². The molecule has 5 rings (SSSR count). The van der Waals surface area contributed by atoms with Gasteiger partial charge in [0.2, 0.25) is 11.7 Å². The van der Waals surface area contributed by atoms with Gasteiger partial charge in [-0.25, -0.2) is 9.97 Å². The van der Waals surface area contributed by atoms with Crippen LogP contribution in [0.2, 0.25) is 0 Å². The van der Waals surface area contributed by atoms with Crippen LogP contribution >= 0.6 is 0 Å². The lowest BCUT2D eigenvalue weighted by Crippen LogP contribution is -2.37. The fourth-order valence-corrected chi connectivity index (χ4v) is 3.87. The van der Waals surface area contributed by atoms with E-state index in [1.807, 2.05) is 48.7 Å². The first-order valence-electron chi connectivity index (χ1n) is 9.97. The van der Waals surface area contributed by atoms with Gasteiger partial charge in [0.25, 0.3) is 0 Å². The van der Waals surface area contributed by atoms with Crippen LogP contribution in [-0.4, -0.2) is 25.8 Å². The van der Waals surface area contributed by atoms with E-state index in [9.17, 15) is 5.11 Å². The lowest BCUT2D eigenvalue weighted by molar-refractivity contribution is -0.158. The summed E-state index contributed by atoms with van der Waals surface area (Å²) in [6.07, 6.45) is 9.76. The average molecular weight is 386 g/mol. The van der Waals surface area contributed by atoms with E-state index in [1.165, 1.54) is 0 Å². The van der Waals surface area contributed by atoms with Gasteiger partial charge in [-0.1, -0.05) is 24.6 Å². The quantitative estimate of drug-likeness (QED) is 0.483. The minimum absolute atomic E-state index is 0.484. The molecule has 4 aromatic rings. The van der Waals surface area contributed by atoms with Crippen LogP contribution in [0.5, 0.6) is 5.75 Å². The third-order valence-electron chi connectivity index (χ3n) is 5.41. The Labute approximate surface area is 168 Å². The molecule has 6 nitrogen and oxygen atoms in total. The molecule has 1 aliphatic carbocycles. The zero-order valence-corrected chi connectivity index (χ0v) is 16.0. The van der Waals surface area contributed by atoms with E-state index in [4.69, 9.17) is 4.74 Å². The first kappa shape index (κ1) is 17.8. The van der Waals surface area contributed by atoms with Crippen LogP contribution in [0.3, 0.4) is 0 Å². The Morgan fingerprint density at radius 1 is 0.931 bits per heavy atom. The van der Waals surface area contributed by atoms with Gasteiger partial charge in [0.05, 0.1) is 0 Å². The zero-order chi connectivity index (χ0) is 19.7. The molecule has 1 saturated carbocycles. The molecule has 0 bridgehead atoms. The predicted octanol–water partition coefficient (Wildman–Crippen LogP) is 4.95. The maximum absolute atomic E-state index is 10.8. The van der Waals surface area contributed by atoms with Crippen molar-refractivity contribution in [2.24, 2.45) is 0 Å². The van der Waals surface area contributed by atoms with Crippen molar-refractivity contribution in [1.29, 1.82) is 0 Å². The van der Waals surface area contributed by atoms with Crippen LogP contribution in [0.15, 0.2) is 61.1 Å². The van der Waals surface area contributed by atoms with E-state index in [0.717, 1.165) is 41.1 Å².